The van der Waals surface area contributed by atoms with E-state index in [2.05, 4.69) is 9.97 Å². The van der Waals surface area contributed by atoms with Crippen molar-refractivity contribution in [3.05, 3.63) is 76.0 Å². The van der Waals surface area contributed by atoms with Crippen molar-refractivity contribution in [2.75, 3.05) is 0 Å². The second kappa shape index (κ2) is 5.99. The summed E-state index contributed by atoms with van der Waals surface area (Å²) in [5, 5.41) is 10.9. The number of rotatable bonds is 4. The largest absolute Gasteiger partial charge is 0.478 e. The Morgan fingerprint density at radius 2 is 1.76 bits per heavy atom. The number of thiophene rings is 1. The number of carboxylic acids is 1. The number of aromatic carboxylic acids is 1. The van der Waals surface area contributed by atoms with Gasteiger partial charge in [0.15, 0.2) is 0 Å². The Morgan fingerprint density at radius 1 is 1.00 bits per heavy atom. The van der Waals surface area contributed by atoms with Gasteiger partial charge in [-0.05, 0) is 29.6 Å². The summed E-state index contributed by atoms with van der Waals surface area (Å²) >= 11 is 1.42. The highest BCUT2D eigenvalue weighted by atomic mass is 32.1. The maximum absolute atomic E-state index is 12.3. The molecule has 0 atom stereocenters. The number of carboxylic acid groups (broad SMARTS) is 1. The average Bonchev–Trinajstić information content (AvgIpc) is 3.30. The molecule has 2 N–H and O–H groups in total. The maximum atomic E-state index is 12.3. The Balaban J connectivity index is 1.67. The zero-order valence-corrected chi connectivity index (χ0v) is 13.7. The number of ketones is 1. The van der Waals surface area contributed by atoms with E-state index in [0.29, 0.717) is 27.3 Å². The predicted octanol–water partition coefficient (Wildman–Crippen LogP) is 4.22. The lowest BCUT2D eigenvalue weighted by molar-refractivity contribution is 0.0697. The Bertz CT molecular complexity index is 1080. The zero-order chi connectivity index (χ0) is 17.4. The normalized spacial score (nSPS) is 10.9. The summed E-state index contributed by atoms with van der Waals surface area (Å²) in [6.45, 7) is 0. The average molecular weight is 348 g/mol. The van der Waals surface area contributed by atoms with Gasteiger partial charge >= 0.3 is 5.97 Å². The van der Waals surface area contributed by atoms with Crippen LogP contribution in [-0.2, 0) is 0 Å². The molecule has 2 aromatic carbocycles. The van der Waals surface area contributed by atoms with Crippen LogP contribution in [0.15, 0.2) is 60.0 Å². The molecule has 0 aliphatic heterocycles. The molecule has 0 unspecified atom stereocenters. The van der Waals surface area contributed by atoms with Crippen molar-refractivity contribution in [2.45, 2.75) is 0 Å². The van der Waals surface area contributed by atoms with Gasteiger partial charge in [-0.2, -0.15) is 0 Å². The van der Waals surface area contributed by atoms with Gasteiger partial charge in [0.1, 0.15) is 5.82 Å². The third-order valence-corrected chi connectivity index (χ3v) is 4.76. The van der Waals surface area contributed by atoms with Crippen molar-refractivity contribution in [1.82, 2.24) is 9.97 Å². The van der Waals surface area contributed by atoms with Crippen LogP contribution in [-0.4, -0.2) is 26.8 Å². The lowest BCUT2D eigenvalue weighted by Gasteiger charge is -2.00. The highest BCUT2D eigenvalue weighted by molar-refractivity contribution is 7.12. The summed E-state index contributed by atoms with van der Waals surface area (Å²) in [4.78, 5) is 31.7. The van der Waals surface area contributed by atoms with Crippen LogP contribution in [0.5, 0.6) is 0 Å². The van der Waals surface area contributed by atoms with E-state index in [9.17, 15) is 9.59 Å². The topological polar surface area (TPSA) is 83.0 Å². The minimum Gasteiger partial charge on any atom is -0.478 e. The van der Waals surface area contributed by atoms with E-state index in [1.54, 1.807) is 30.3 Å². The van der Waals surface area contributed by atoms with Gasteiger partial charge in [0.25, 0.3) is 0 Å². The SMILES string of the molecule is O=C(O)c1ccc2nc(-c3ccc(C(=O)c4cccs4)cc3)[nH]c2c1. The van der Waals surface area contributed by atoms with Crippen LogP contribution < -0.4 is 0 Å². The fraction of sp³-hybridized carbons (Fsp3) is 0. The van der Waals surface area contributed by atoms with Crippen molar-refractivity contribution < 1.29 is 14.7 Å². The fourth-order valence-electron chi connectivity index (χ4n) is 2.61. The second-order valence-electron chi connectivity index (χ2n) is 5.51. The second-order valence-corrected chi connectivity index (χ2v) is 6.45. The van der Waals surface area contributed by atoms with Crippen LogP contribution in [0.4, 0.5) is 0 Å². The summed E-state index contributed by atoms with van der Waals surface area (Å²) in [6, 6.07) is 15.6. The minimum absolute atomic E-state index is 0.00254. The summed E-state index contributed by atoms with van der Waals surface area (Å²) in [6.07, 6.45) is 0. The molecular weight excluding hydrogens is 336 g/mol. The third kappa shape index (κ3) is 2.83. The molecule has 0 aliphatic carbocycles. The minimum atomic E-state index is -0.977. The van der Waals surface area contributed by atoms with E-state index in [-0.39, 0.29) is 11.3 Å². The first-order valence-corrected chi connectivity index (χ1v) is 8.41. The quantitative estimate of drug-likeness (QED) is 0.541. The van der Waals surface area contributed by atoms with Crippen molar-refractivity contribution in [1.29, 1.82) is 0 Å². The number of hydrogen-bond acceptors (Lipinski definition) is 4. The first-order valence-electron chi connectivity index (χ1n) is 7.53. The number of nitrogens with one attached hydrogen (secondary N) is 1. The Morgan fingerprint density at radius 3 is 2.44 bits per heavy atom. The van der Waals surface area contributed by atoms with Gasteiger partial charge in [-0.25, -0.2) is 9.78 Å². The lowest BCUT2D eigenvalue weighted by Crippen LogP contribution is -1.98. The summed E-state index contributed by atoms with van der Waals surface area (Å²) < 4.78 is 0. The Hall–Kier alpha value is -3.25. The molecule has 2 aromatic heterocycles. The van der Waals surface area contributed by atoms with Gasteiger partial charge in [0, 0.05) is 11.1 Å². The Labute approximate surface area is 146 Å². The van der Waals surface area contributed by atoms with E-state index in [1.165, 1.54) is 17.4 Å². The lowest BCUT2D eigenvalue weighted by atomic mass is 10.1. The van der Waals surface area contributed by atoms with Crippen LogP contribution in [0.3, 0.4) is 0 Å². The number of carbonyl (C=O) groups excluding carboxylic acids is 1. The zero-order valence-electron chi connectivity index (χ0n) is 12.9. The van der Waals surface area contributed by atoms with Crippen molar-refractivity contribution >= 4 is 34.1 Å². The number of hydrogen-bond donors (Lipinski definition) is 2. The number of imidazole rings is 1. The molecule has 0 spiro atoms. The standard InChI is InChI=1S/C19H12N2O3S/c22-17(16-2-1-9-25-16)11-3-5-12(6-4-11)18-20-14-8-7-13(19(23)24)10-15(14)21-18/h1-10H,(H,20,21)(H,23,24). The van der Waals surface area contributed by atoms with Crippen LogP contribution in [0, 0.1) is 0 Å². The predicted molar refractivity (Wildman–Crippen MR) is 96.2 cm³/mol. The number of carbonyl (C=O) groups is 2. The van der Waals surface area contributed by atoms with Gasteiger partial charge in [-0.15, -0.1) is 11.3 Å². The first-order chi connectivity index (χ1) is 12.1. The van der Waals surface area contributed by atoms with Crippen molar-refractivity contribution in [3.8, 4) is 11.4 Å². The number of aromatic nitrogens is 2. The van der Waals surface area contributed by atoms with Crippen LogP contribution in [0.2, 0.25) is 0 Å². The summed E-state index contributed by atoms with van der Waals surface area (Å²) in [5.41, 5.74) is 3.01. The molecule has 0 fully saturated rings. The maximum Gasteiger partial charge on any atom is 0.335 e. The van der Waals surface area contributed by atoms with E-state index in [0.717, 1.165) is 5.56 Å². The van der Waals surface area contributed by atoms with Crippen LogP contribution >= 0.6 is 11.3 Å². The molecule has 0 saturated carbocycles. The molecule has 6 heteroatoms. The molecule has 25 heavy (non-hydrogen) atoms. The highest BCUT2D eigenvalue weighted by Crippen LogP contribution is 2.23. The van der Waals surface area contributed by atoms with Crippen LogP contribution in [0.1, 0.15) is 25.6 Å². The fourth-order valence-corrected chi connectivity index (χ4v) is 3.29. The first kappa shape index (κ1) is 15.3. The molecular formula is C19H12N2O3S. The smallest absolute Gasteiger partial charge is 0.335 e. The molecule has 0 radical (unpaired) electrons. The number of aromatic amines is 1. The van der Waals surface area contributed by atoms with Gasteiger partial charge in [0.2, 0.25) is 5.78 Å². The van der Waals surface area contributed by atoms with Gasteiger partial charge in [-0.3, -0.25) is 4.79 Å². The molecule has 4 rings (SSSR count). The molecule has 4 aromatic rings. The monoisotopic (exact) mass is 348 g/mol. The van der Waals surface area contributed by atoms with E-state index >= 15 is 0 Å². The Kier molecular flexibility index (Phi) is 3.66. The van der Waals surface area contributed by atoms with E-state index < -0.39 is 5.97 Å². The number of H-pyrrole nitrogens is 1. The summed E-state index contributed by atoms with van der Waals surface area (Å²) in [7, 11) is 0. The highest BCUT2D eigenvalue weighted by Gasteiger charge is 2.12. The molecule has 0 saturated heterocycles. The van der Waals surface area contributed by atoms with E-state index in [1.807, 2.05) is 23.6 Å². The van der Waals surface area contributed by atoms with Gasteiger partial charge in [0.05, 0.1) is 21.5 Å². The molecule has 5 nitrogen and oxygen atoms in total. The third-order valence-electron chi connectivity index (χ3n) is 3.89. The molecule has 2 heterocycles. The molecule has 0 bridgehead atoms. The van der Waals surface area contributed by atoms with Gasteiger partial charge < -0.3 is 10.1 Å². The summed E-state index contributed by atoms with van der Waals surface area (Å²) in [5.74, 6) is -0.348. The van der Waals surface area contributed by atoms with Crippen molar-refractivity contribution in [2.24, 2.45) is 0 Å². The molecule has 122 valence electrons. The van der Waals surface area contributed by atoms with E-state index in [4.69, 9.17) is 5.11 Å². The molecule has 0 amide bonds. The van der Waals surface area contributed by atoms with Crippen LogP contribution in [0.25, 0.3) is 22.4 Å². The van der Waals surface area contributed by atoms with Gasteiger partial charge in [-0.1, -0.05) is 30.3 Å². The van der Waals surface area contributed by atoms with Crippen molar-refractivity contribution in [3.63, 3.8) is 0 Å². The number of benzene rings is 2. The number of fused-ring (bicyclic) bond motifs is 1. The number of nitrogens with zero attached hydrogens (tertiary/aromatic N) is 1. The molecule has 0 aliphatic rings.